The van der Waals surface area contributed by atoms with E-state index in [1.165, 1.54) is 17.3 Å². The second-order valence-electron chi connectivity index (χ2n) is 8.02. The molecule has 0 aliphatic carbocycles. The lowest BCUT2D eigenvalue weighted by Gasteiger charge is -2.11. The molecule has 6 heteroatoms. The maximum atomic E-state index is 12.9. The molecule has 1 saturated heterocycles. The van der Waals surface area contributed by atoms with Gasteiger partial charge in [0.15, 0.2) is 0 Å². The number of thioether (sulfide) groups is 1. The van der Waals surface area contributed by atoms with Gasteiger partial charge in [0, 0.05) is 23.9 Å². The minimum Gasteiger partial charge on any atom is -0.289 e. The Morgan fingerprint density at radius 1 is 1.19 bits per heavy atom. The highest BCUT2D eigenvalue weighted by molar-refractivity contribution is 8.26. The summed E-state index contributed by atoms with van der Waals surface area (Å²) in [5.74, 6) is 0.315. The van der Waals surface area contributed by atoms with Gasteiger partial charge in [-0.3, -0.25) is 9.69 Å². The molecule has 0 atom stereocenters. The predicted octanol–water partition coefficient (Wildman–Crippen LogP) is 6.36. The van der Waals surface area contributed by atoms with E-state index in [0.29, 0.717) is 21.7 Å². The van der Waals surface area contributed by atoms with Crippen molar-refractivity contribution in [1.82, 2.24) is 14.7 Å². The van der Waals surface area contributed by atoms with Crippen molar-refractivity contribution in [2.75, 3.05) is 6.54 Å². The molecule has 0 saturated carbocycles. The molecule has 2 aromatic carbocycles. The lowest BCUT2D eigenvalue weighted by atomic mass is 9.95. The number of benzene rings is 2. The van der Waals surface area contributed by atoms with Crippen molar-refractivity contribution in [2.45, 2.75) is 26.7 Å². The Balaban J connectivity index is 1.87. The molecular weight excluding hydrogens is 434 g/mol. The van der Waals surface area contributed by atoms with Gasteiger partial charge < -0.3 is 0 Å². The van der Waals surface area contributed by atoms with Gasteiger partial charge in [-0.15, -0.1) is 6.58 Å². The highest BCUT2D eigenvalue weighted by Crippen LogP contribution is 2.36. The van der Waals surface area contributed by atoms with Gasteiger partial charge in [-0.25, -0.2) is 4.68 Å². The molecule has 4 nitrogen and oxygen atoms in total. The van der Waals surface area contributed by atoms with Crippen molar-refractivity contribution in [1.29, 1.82) is 0 Å². The summed E-state index contributed by atoms with van der Waals surface area (Å²) >= 11 is 6.73. The number of nitrogens with zero attached hydrogens (tertiary/aromatic N) is 3. The van der Waals surface area contributed by atoms with Crippen molar-refractivity contribution in [3.8, 4) is 16.9 Å². The Hall–Kier alpha value is -2.96. The van der Waals surface area contributed by atoms with Crippen LogP contribution in [0.2, 0.25) is 0 Å². The Bertz CT molecular complexity index is 1230. The van der Waals surface area contributed by atoms with Crippen LogP contribution >= 0.6 is 24.0 Å². The van der Waals surface area contributed by atoms with Crippen LogP contribution in [0.4, 0.5) is 0 Å². The number of aromatic nitrogens is 2. The molecule has 1 aromatic heterocycles. The number of aryl methyl sites for hydroxylation is 1. The zero-order chi connectivity index (χ0) is 22.8. The second-order valence-corrected chi connectivity index (χ2v) is 9.70. The summed E-state index contributed by atoms with van der Waals surface area (Å²) in [7, 11) is 0. The third kappa shape index (κ3) is 4.33. The van der Waals surface area contributed by atoms with Crippen molar-refractivity contribution < 1.29 is 4.79 Å². The maximum absolute atomic E-state index is 12.9. The van der Waals surface area contributed by atoms with Gasteiger partial charge in [-0.2, -0.15) is 5.10 Å². The number of hydrogen-bond acceptors (Lipinski definition) is 4. The first-order valence-corrected chi connectivity index (χ1v) is 11.7. The quantitative estimate of drug-likeness (QED) is 0.244. The summed E-state index contributed by atoms with van der Waals surface area (Å²) in [5.41, 5.74) is 6.16. The summed E-state index contributed by atoms with van der Waals surface area (Å²) in [6.07, 6.45) is 5.57. The van der Waals surface area contributed by atoms with Gasteiger partial charge >= 0.3 is 0 Å². The smallest absolute Gasteiger partial charge is 0.266 e. The van der Waals surface area contributed by atoms with E-state index in [1.807, 2.05) is 47.3 Å². The van der Waals surface area contributed by atoms with E-state index in [0.717, 1.165) is 28.1 Å². The molecule has 0 radical (unpaired) electrons. The highest BCUT2D eigenvalue weighted by atomic mass is 32.2. The van der Waals surface area contributed by atoms with E-state index in [1.54, 1.807) is 11.0 Å². The van der Waals surface area contributed by atoms with Gasteiger partial charge in [0.1, 0.15) is 10.0 Å². The molecule has 0 bridgehead atoms. The Labute approximate surface area is 198 Å². The number of carbonyl (C=O) groups excluding carboxylic acids is 1. The van der Waals surface area contributed by atoms with Crippen LogP contribution in [0, 0.1) is 6.92 Å². The lowest BCUT2D eigenvalue weighted by Crippen LogP contribution is -2.27. The molecule has 0 unspecified atom stereocenters. The van der Waals surface area contributed by atoms with Crippen LogP contribution in [0.1, 0.15) is 36.5 Å². The van der Waals surface area contributed by atoms with Crippen LogP contribution in [-0.4, -0.2) is 31.5 Å². The van der Waals surface area contributed by atoms with E-state index in [9.17, 15) is 4.79 Å². The minimum absolute atomic E-state index is 0.0917. The van der Waals surface area contributed by atoms with Crippen molar-refractivity contribution in [2.24, 2.45) is 0 Å². The maximum Gasteiger partial charge on any atom is 0.266 e. The van der Waals surface area contributed by atoms with Crippen molar-refractivity contribution >= 4 is 40.3 Å². The first kappa shape index (κ1) is 22.2. The number of rotatable bonds is 6. The zero-order valence-electron chi connectivity index (χ0n) is 18.4. The normalized spacial score (nSPS) is 15.2. The molecule has 32 heavy (non-hydrogen) atoms. The van der Waals surface area contributed by atoms with E-state index in [-0.39, 0.29) is 5.91 Å². The van der Waals surface area contributed by atoms with Crippen molar-refractivity contribution in [3.05, 3.63) is 89.0 Å². The Morgan fingerprint density at radius 2 is 1.94 bits per heavy atom. The number of carbonyl (C=O) groups is 1. The molecule has 2 heterocycles. The van der Waals surface area contributed by atoms with Crippen LogP contribution in [0.25, 0.3) is 23.0 Å². The van der Waals surface area contributed by atoms with E-state index in [4.69, 9.17) is 17.3 Å². The molecule has 4 rings (SSSR count). The minimum atomic E-state index is -0.0917. The first-order valence-electron chi connectivity index (χ1n) is 10.5. The average molecular weight is 460 g/mol. The number of amides is 1. The molecule has 0 spiro atoms. The van der Waals surface area contributed by atoms with Crippen LogP contribution in [0.3, 0.4) is 0 Å². The molecule has 3 aromatic rings. The fourth-order valence-corrected chi connectivity index (χ4v) is 4.86. The summed E-state index contributed by atoms with van der Waals surface area (Å²) in [6, 6.07) is 16.5. The molecule has 1 aliphatic heterocycles. The molecular formula is C26H25N3OS2. The van der Waals surface area contributed by atoms with Gasteiger partial charge in [-0.05, 0) is 48.2 Å². The fourth-order valence-electron chi connectivity index (χ4n) is 3.60. The predicted molar refractivity (Wildman–Crippen MR) is 138 cm³/mol. The SMILES string of the molecule is C=CCN1C(=O)C(=Cc2cn(-c3ccccc3)nc2-c2cc(C(C)C)ccc2C)SC1=S. The van der Waals surface area contributed by atoms with Crippen molar-refractivity contribution in [3.63, 3.8) is 0 Å². The van der Waals surface area contributed by atoms with Crippen LogP contribution in [-0.2, 0) is 4.79 Å². The monoisotopic (exact) mass is 459 g/mol. The zero-order valence-corrected chi connectivity index (χ0v) is 20.0. The fraction of sp³-hybridized carbons (Fsp3) is 0.192. The third-order valence-corrected chi connectivity index (χ3v) is 6.80. The Kier molecular flexibility index (Phi) is 6.44. The van der Waals surface area contributed by atoms with Crippen LogP contribution < -0.4 is 0 Å². The van der Waals surface area contributed by atoms with Gasteiger partial charge in [0.05, 0.1) is 10.6 Å². The van der Waals surface area contributed by atoms with E-state index >= 15 is 0 Å². The second kappa shape index (κ2) is 9.27. The van der Waals surface area contributed by atoms with Crippen LogP contribution in [0.15, 0.2) is 72.3 Å². The van der Waals surface area contributed by atoms with Gasteiger partial charge in [-0.1, -0.05) is 74.2 Å². The molecule has 1 amide bonds. The summed E-state index contributed by atoms with van der Waals surface area (Å²) in [4.78, 5) is 15.1. The van der Waals surface area contributed by atoms with E-state index in [2.05, 4.69) is 45.5 Å². The Morgan fingerprint density at radius 3 is 2.62 bits per heavy atom. The first-order chi connectivity index (χ1) is 15.4. The summed E-state index contributed by atoms with van der Waals surface area (Å²) < 4.78 is 2.42. The molecule has 1 fully saturated rings. The third-order valence-electron chi connectivity index (χ3n) is 5.42. The summed E-state index contributed by atoms with van der Waals surface area (Å²) in [5, 5.41) is 4.94. The van der Waals surface area contributed by atoms with Gasteiger partial charge in [0.2, 0.25) is 0 Å². The lowest BCUT2D eigenvalue weighted by molar-refractivity contribution is -0.121. The summed E-state index contributed by atoms with van der Waals surface area (Å²) in [6.45, 7) is 10.6. The molecule has 162 valence electrons. The largest absolute Gasteiger partial charge is 0.289 e. The highest BCUT2D eigenvalue weighted by Gasteiger charge is 2.31. The number of thiocarbonyl (C=S) groups is 1. The number of para-hydroxylation sites is 1. The standard InChI is InChI=1S/C26H25N3OS2/c1-5-13-28-25(30)23(32-26(28)31)15-20-16-29(21-9-7-6-8-10-21)27-24(20)22-14-19(17(2)3)12-11-18(22)4/h5-12,14-17H,1,13H2,2-4H3. The van der Waals surface area contributed by atoms with Crippen LogP contribution in [0.5, 0.6) is 0 Å². The molecule has 0 N–H and O–H groups in total. The van der Waals surface area contributed by atoms with E-state index < -0.39 is 0 Å². The topological polar surface area (TPSA) is 38.1 Å². The number of hydrogen-bond donors (Lipinski definition) is 0. The molecule has 1 aliphatic rings. The average Bonchev–Trinajstić information content (AvgIpc) is 3.31. The van der Waals surface area contributed by atoms with Gasteiger partial charge in [0.25, 0.3) is 5.91 Å².